The number of nitrogens with zero attached hydrogens (tertiary/aromatic N) is 1. The van der Waals surface area contributed by atoms with E-state index in [1.807, 2.05) is 6.92 Å². The molecule has 2 aliphatic rings. The molecule has 1 aliphatic heterocycles. The molecule has 0 unspecified atom stereocenters. The monoisotopic (exact) mass is 344 g/mol. The molecule has 1 heterocycles. The van der Waals surface area contributed by atoms with Gasteiger partial charge in [-0.2, -0.15) is 0 Å². The zero-order valence-electron chi connectivity index (χ0n) is 14.0. The molecule has 1 saturated carbocycles. The lowest BCUT2D eigenvalue weighted by Gasteiger charge is -2.25. The summed E-state index contributed by atoms with van der Waals surface area (Å²) >= 11 is 0. The number of esters is 1. The van der Waals surface area contributed by atoms with Gasteiger partial charge in [-0.05, 0) is 37.3 Å². The maximum Gasteiger partial charge on any atom is 0.326 e. The second kappa shape index (κ2) is 7.04. The first-order chi connectivity index (χ1) is 12.0. The summed E-state index contributed by atoms with van der Waals surface area (Å²) < 4.78 is 4.90. The summed E-state index contributed by atoms with van der Waals surface area (Å²) in [6.45, 7) is 1.01. The van der Waals surface area contributed by atoms with Crippen LogP contribution in [-0.4, -0.2) is 47.8 Å². The topological polar surface area (TPSA) is 92.8 Å². The van der Waals surface area contributed by atoms with Gasteiger partial charge in [-0.1, -0.05) is 18.2 Å². The summed E-state index contributed by atoms with van der Waals surface area (Å²) in [5.74, 6) is -1.63. The minimum absolute atomic E-state index is 0.0629. The highest BCUT2D eigenvalue weighted by molar-refractivity contribution is 6.11. The minimum Gasteiger partial charge on any atom is -0.454 e. The van der Waals surface area contributed by atoms with E-state index in [4.69, 9.17) is 4.74 Å². The standard InChI is InChI=1S/C18H20N2O5/c1-11(12-6-7-12)19-15(21)10-25-17(23)9-20-16(22)8-13-4-2-3-5-14(13)18(20)24/h2-5,11-12H,6-10H2,1H3,(H,19,21)/t11-/m1/s1. The van der Waals surface area contributed by atoms with Gasteiger partial charge in [0.15, 0.2) is 6.61 Å². The summed E-state index contributed by atoms with van der Waals surface area (Å²) in [4.78, 5) is 48.9. The minimum atomic E-state index is -0.782. The quantitative estimate of drug-likeness (QED) is 0.605. The number of benzene rings is 1. The van der Waals surface area contributed by atoms with Gasteiger partial charge in [0.05, 0.1) is 6.42 Å². The molecular weight excluding hydrogens is 324 g/mol. The van der Waals surface area contributed by atoms with E-state index in [0.717, 1.165) is 17.7 Å². The predicted molar refractivity (Wildman–Crippen MR) is 87.5 cm³/mol. The van der Waals surface area contributed by atoms with Crippen LogP contribution in [-0.2, 0) is 25.5 Å². The van der Waals surface area contributed by atoms with Crippen LogP contribution < -0.4 is 5.32 Å². The molecular formula is C18H20N2O5. The van der Waals surface area contributed by atoms with Crippen LogP contribution in [0.4, 0.5) is 0 Å². The molecule has 1 aromatic carbocycles. The molecule has 3 rings (SSSR count). The van der Waals surface area contributed by atoms with Crippen LogP contribution >= 0.6 is 0 Å². The molecule has 1 aromatic rings. The number of carbonyl (C=O) groups is 4. The number of carbonyl (C=O) groups excluding carboxylic acids is 4. The van der Waals surface area contributed by atoms with E-state index in [9.17, 15) is 19.2 Å². The first-order valence-corrected chi connectivity index (χ1v) is 8.33. The summed E-state index contributed by atoms with van der Waals surface area (Å²) in [5.41, 5.74) is 1.06. The van der Waals surface area contributed by atoms with Crippen LogP contribution in [0, 0.1) is 5.92 Å². The van der Waals surface area contributed by atoms with Crippen LogP contribution in [0.25, 0.3) is 0 Å². The Bertz CT molecular complexity index is 726. The van der Waals surface area contributed by atoms with Gasteiger partial charge in [0.25, 0.3) is 11.8 Å². The zero-order chi connectivity index (χ0) is 18.0. The highest BCUT2D eigenvalue weighted by Crippen LogP contribution is 2.32. The maximum atomic E-state index is 12.3. The number of nitrogens with one attached hydrogen (secondary N) is 1. The Morgan fingerprint density at radius 1 is 1.28 bits per heavy atom. The molecule has 25 heavy (non-hydrogen) atoms. The maximum absolute atomic E-state index is 12.3. The van der Waals surface area contributed by atoms with Crippen molar-refractivity contribution in [3.63, 3.8) is 0 Å². The van der Waals surface area contributed by atoms with Gasteiger partial charge in [-0.25, -0.2) is 0 Å². The van der Waals surface area contributed by atoms with Gasteiger partial charge in [0.2, 0.25) is 5.91 Å². The molecule has 7 nitrogen and oxygen atoms in total. The van der Waals surface area contributed by atoms with E-state index >= 15 is 0 Å². The molecule has 1 atom stereocenters. The molecule has 7 heteroatoms. The Labute approximate surface area is 145 Å². The number of hydrogen-bond acceptors (Lipinski definition) is 5. The van der Waals surface area contributed by atoms with Crippen molar-refractivity contribution in [2.45, 2.75) is 32.2 Å². The van der Waals surface area contributed by atoms with Gasteiger partial charge in [-0.3, -0.25) is 24.1 Å². The number of amides is 3. The first-order valence-electron chi connectivity index (χ1n) is 8.33. The Kier molecular flexibility index (Phi) is 4.83. The number of rotatable bonds is 6. The van der Waals surface area contributed by atoms with Crippen LogP contribution in [0.15, 0.2) is 24.3 Å². The molecule has 0 aromatic heterocycles. The fourth-order valence-corrected chi connectivity index (χ4v) is 2.89. The second-order valence-corrected chi connectivity index (χ2v) is 6.47. The fourth-order valence-electron chi connectivity index (χ4n) is 2.89. The average Bonchev–Trinajstić information content (AvgIpc) is 3.42. The van der Waals surface area contributed by atoms with Gasteiger partial charge >= 0.3 is 5.97 Å². The van der Waals surface area contributed by atoms with Crippen LogP contribution in [0.2, 0.25) is 0 Å². The molecule has 0 bridgehead atoms. The van der Waals surface area contributed by atoms with Gasteiger partial charge < -0.3 is 10.1 Å². The van der Waals surface area contributed by atoms with Crippen molar-refractivity contribution in [1.29, 1.82) is 0 Å². The van der Waals surface area contributed by atoms with Gasteiger partial charge in [0, 0.05) is 11.6 Å². The highest BCUT2D eigenvalue weighted by atomic mass is 16.5. The number of hydrogen-bond donors (Lipinski definition) is 1. The van der Waals surface area contributed by atoms with Crippen molar-refractivity contribution in [2.75, 3.05) is 13.2 Å². The number of ether oxygens (including phenoxy) is 1. The van der Waals surface area contributed by atoms with E-state index in [2.05, 4.69) is 5.32 Å². The van der Waals surface area contributed by atoms with Crippen molar-refractivity contribution in [2.24, 2.45) is 5.92 Å². The lowest BCUT2D eigenvalue weighted by atomic mass is 9.98. The number of fused-ring (bicyclic) bond motifs is 1. The van der Waals surface area contributed by atoms with Crippen LogP contribution in [0.1, 0.15) is 35.7 Å². The molecule has 0 spiro atoms. The molecule has 1 N–H and O–H groups in total. The van der Waals surface area contributed by atoms with Gasteiger partial charge in [-0.15, -0.1) is 0 Å². The summed E-state index contributed by atoms with van der Waals surface area (Å²) in [6.07, 6.45) is 2.26. The molecule has 1 aliphatic carbocycles. The summed E-state index contributed by atoms with van der Waals surface area (Å²) in [6, 6.07) is 6.85. The molecule has 132 valence electrons. The van der Waals surface area contributed by atoms with E-state index in [1.54, 1.807) is 24.3 Å². The Hall–Kier alpha value is -2.70. The summed E-state index contributed by atoms with van der Waals surface area (Å²) in [7, 11) is 0. The van der Waals surface area contributed by atoms with Crippen molar-refractivity contribution in [1.82, 2.24) is 10.2 Å². The highest BCUT2D eigenvalue weighted by Gasteiger charge is 2.33. The van der Waals surface area contributed by atoms with E-state index in [1.165, 1.54) is 0 Å². The zero-order valence-corrected chi connectivity index (χ0v) is 14.0. The SMILES string of the molecule is C[C@@H](NC(=O)COC(=O)CN1C(=O)Cc2ccccc2C1=O)C1CC1. The lowest BCUT2D eigenvalue weighted by Crippen LogP contribution is -2.46. The Morgan fingerprint density at radius 2 is 2.00 bits per heavy atom. The first kappa shape index (κ1) is 17.1. The van der Waals surface area contributed by atoms with Crippen molar-refractivity contribution in [3.8, 4) is 0 Å². The lowest BCUT2D eigenvalue weighted by molar-refractivity contribution is -0.151. The van der Waals surface area contributed by atoms with E-state index in [-0.39, 0.29) is 18.4 Å². The van der Waals surface area contributed by atoms with Crippen molar-refractivity contribution in [3.05, 3.63) is 35.4 Å². The smallest absolute Gasteiger partial charge is 0.326 e. The Morgan fingerprint density at radius 3 is 2.72 bits per heavy atom. The van der Waals surface area contributed by atoms with E-state index < -0.39 is 30.9 Å². The van der Waals surface area contributed by atoms with Gasteiger partial charge in [0.1, 0.15) is 6.54 Å². The number of imide groups is 1. The molecule has 1 fully saturated rings. The molecule has 0 saturated heterocycles. The average molecular weight is 344 g/mol. The van der Waals surface area contributed by atoms with Crippen LogP contribution in [0.5, 0.6) is 0 Å². The third-order valence-electron chi connectivity index (χ3n) is 4.50. The van der Waals surface area contributed by atoms with Crippen molar-refractivity contribution >= 4 is 23.7 Å². The van der Waals surface area contributed by atoms with Crippen molar-refractivity contribution < 1.29 is 23.9 Å². The molecule has 0 radical (unpaired) electrons. The third-order valence-corrected chi connectivity index (χ3v) is 4.50. The third kappa shape index (κ3) is 4.04. The fraction of sp³-hybridized carbons (Fsp3) is 0.444. The predicted octanol–water partition coefficient (Wildman–Crippen LogP) is 0.669. The normalized spacial score (nSPS) is 17.7. The second-order valence-electron chi connectivity index (χ2n) is 6.47. The Balaban J connectivity index is 1.51. The molecule has 3 amide bonds. The van der Waals surface area contributed by atoms with Crippen LogP contribution in [0.3, 0.4) is 0 Å². The summed E-state index contributed by atoms with van der Waals surface area (Å²) in [5, 5.41) is 2.77. The largest absolute Gasteiger partial charge is 0.454 e. The van der Waals surface area contributed by atoms with E-state index in [0.29, 0.717) is 17.0 Å².